The van der Waals surface area contributed by atoms with E-state index in [1.807, 2.05) is 54.7 Å². The van der Waals surface area contributed by atoms with Crippen LogP contribution >= 0.6 is 11.6 Å². The van der Waals surface area contributed by atoms with Gasteiger partial charge in [0.25, 0.3) is 0 Å². The molecule has 2 aromatic carbocycles. The van der Waals surface area contributed by atoms with Crippen LogP contribution in [0, 0.1) is 0 Å². The highest BCUT2D eigenvalue weighted by Crippen LogP contribution is 2.35. The summed E-state index contributed by atoms with van der Waals surface area (Å²) in [7, 11) is 1.66. The maximum absolute atomic E-state index is 6.29. The van der Waals surface area contributed by atoms with Crippen LogP contribution in [0.2, 0.25) is 5.02 Å². The third kappa shape index (κ3) is 2.28. The molecular formula is C16H13ClN2O. The largest absolute Gasteiger partial charge is 0.496 e. The Kier molecular flexibility index (Phi) is 3.44. The first-order chi connectivity index (χ1) is 9.79. The lowest BCUT2D eigenvalue weighted by molar-refractivity contribution is 0.416. The van der Waals surface area contributed by atoms with E-state index in [9.17, 15) is 0 Å². The molecule has 0 radical (unpaired) electrons. The lowest BCUT2D eigenvalue weighted by Crippen LogP contribution is -1.96. The lowest BCUT2D eigenvalue weighted by Gasteiger charge is -2.12. The molecule has 0 spiro atoms. The smallest absolute Gasteiger partial charge is 0.126 e. The Bertz CT molecular complexity index is 723. The molecule has 20 heavy (non-hydrogen) atoms. The highest BCUT2D eigenvalue weighted by molar-refractivity contribution is 6.33. The van der Waals surface area contributed by atoms with E-state index >= 15 is 0 Å². The van der Waals surface area contributed by atoms with E-state index in [-0.39, 0.29) is 0 Å². The number of hydrogen-bond acceptors (Lipinski definition) is 2. The normalized spacial score (nSPS) is 10.5. The quantitative estimate of drug-likeness (QED) is 0.721. The highest BCUT2D eigenvalue weighted by atomic mass is 35.5. The summed E-state index contributed by atoms with van der Waals surface area (Å²) in [5.41, 5.74) is 2.86. The molecule has 0 atom stereocenters. The summed E-state index contributed by atoms with van der Waals surface area (Å²) in [5.74, 6) is 0.786. The zero-order chi connectivity index (χ0) is 13.9. The summed E-state index contributed by atoms with van der Waals surface area (Å²) in [4.78, 5) is 0. The third-order valence-corrected chi connectivity index (χ3v) is 3.45. The van der Waals surface area contributed by atoms with Crippen LogP contribution in [0.4, 0.5) is 0 Å². The zero-order valence-corrected chi connectivity index (χ0v) is 11.7. The first kappa shape index (κ1) is 12.8. The average Bonchev–Trinajstić information content (AvgIpc) is 3.01. The van der Waals surface area contributed by atoms with Crippen molar-refractivity contribution in [3.63, 3.8) is 0 Å². The van der Waals surface area contributed by atoms with Crippen LogP contribution in [0.1, 0.15) is 0 Å². The van der Waals surface area contributed by atoms with Gasteiger partial charge >= 0.3 is 0 Å². The topological polar surface area (TPSA) is 27.1 Å². The second-order valence-corrected chi connectivity index (χ2v) is 4.72. The molecule has 0 aliphatic rings. The van der Waals surface area contributed by atoms with Crippen molar-refractivity contribution in [2.24, 2.45) is 0 Å². The van der Waals surface area contributed by atoms with Gasteiger partial charge in [-0.2, -0.15) is 5.10 Å². The predicted octanol–water partition coefficient (Wildman–Crippen LogP) is 4.20. The van der Waals surface area contributed by atoms with Gasteiger partial charge in [-0.1, -0.05) is 29.8 Å². The minimum absolute atomic E-state index is 0.698. The van der Waals surface area contributed by atoms with E-state index in [1.54, 1.807) is 18.0 Å². The number of hydrogen-bond donors (Lipinski definition) is 0. The van der Waals surface area contributed by atoms with Gasteiger partial charge in [0.05, 0.1) is 12.8 Å². The Morgan fingerprint density at radius 1 is 1.05 bits per heavy atom. The Hall–Kier alpha value is -2.26. The van der Waals surface area contributed by atoms with Crippen molar-refractivity contribution in [2.45, 2.75) is 0 Å². The summed E-state index contributed by atoms with van der Waals surface area (Å²) in [5, 5.41) is 4.94. The van der Waals surface area contributed by atoms with E-state index in [1.165, 1.54) is 0 Å². The maximum Gasteiger partial charge on any atom is 0.126 e. The molecule has 3 nitrogen and oxygen atoms in total. The fraction of sp³-hybridized carbons (Fsp3) is 0.0625. The van der Waals surface area contributed by atoms with Gasteiger partial charge < -0.3 is 4.74 Å². The SMILES string of the molecule is COc1ccc(-n2cccn2)cc1-c1ccccc1Cl. The number of benzene rings is 2. The Morgan fingerprint density at radius 2 is 1.90 bits per heavy atom. The van der Waals surface area contributed by atoms with Gasteiger partial charge in [0, 0.05) is 28.5 Å². The molecule has 0 amide bonds. The minimum atomic E-state index is 0.698. The Morgan fingerprint density at radius 3 is 2.60 bits per heavy atom. The lowest BCUT2D eigenvalue weighted by atomic mass is 10.0. The van der Waals surface area contributed by atoms with Crippen molar-refractivity contribution in [1.29, 1.82) is 0 Å². The molecule has 0 unspecified atom stereocenters. The van der Waals surface area contributed by atoms with Gasteiger partial charge in [-0.05, 0) is 30.3 Å². The van der Waals surface area contributed by atoms with Gasteiger partial charge in [-0.25, -0.2) is 4.68 Å². The van der Waals surface area contributed by atoms with Gasteiger partial charge in [0.2, 0.25) is 0 Å². The van der Waals surface area contributed by atoms with Gasteiger partial charge in [-0.3, -0.25) is 0 Å². The number of aromatic nitrogens is 2. The van der Waals surface area contributed by atoms with Crippen LogP contribution in [-0.2, 0) is 0 Å². The van der Waals surface area contributed by atoms with E-state index in [0.717, 1.165) is 22.6 Å². The van der Waals surface area contributed by atoms with Crippen LogP contribution in [0.5, 0.6) is 5.75 Å². The summed E-state index contributed by atoms with van der Waals surface area (Å²) >= 11 is 6.29. The fourth-order valence-corrected chi connectivity index (χ4v) is 2.39. The molecule has 0 saturated carbocycles. The maximum atomic E-state index is 6.29. The van der Waals surface area contributed by atoms with Crippen LogP contribution in [-0.4, -0.2) is 16.9 Å². The molecule has 0 N–H and O–H groups in total. The van der Waals surface area contributed by atoms with Crippen LogP contribution in [0.15, 0.2) is 60.9 Å². The van der Waals surface area contributed by atoms with Crippen molar-refractivity contribution in [2.75, 3.05) is 7.11 Å². The molecule has 3 rings (SSSR count). The van der Waals surface area contributed by atoms with Gasteiger partial charge in [0.15, 0.2) is 0 Å². The summed E-state index contributed by atoms with van der Waals surface area (Å²) < 4.78 is 7.24. The van der Waals surface area contributed by atoms with Crippen molar-refractivity contribution in [1.82, 2.24) is 9.78 Å². The second-order valence-electron chi connectivity index (χ2n) is 4.32. The van der Waals surface area contributed by atoms with Gasteiger partial charge in [0.1, 0.15) is 5.75 Å². The molecule has 0 aliphatic heterocycles. The first-order valence-electron chi connectivity index (χ1n) is 6.22. The molecule has 1 aromatic heterocycles. The molecule has 3 aromatic rings. The van der Waals surface area contributed by atoms with E-state index in [2.05, 4.69) is 5.10 Å². The summed E-state index contributed by atoms with van der Waals surface area (Å²) in [6.45, 7) is 0. The number of ether oxygens (including phenoxy) is 1. The highest BCUT2D eigenvalue weighted by Gasteiger charge is 2.10. The van der Waals surface area contributed by atoms with E-state index in [0.29, 0.717) is 5.02 Å². The molecule has 0 aliphatic carbocycles. The average molecular weight is 285 g/mol. The van der Waals surface area contributed by atoms with Gasteiger partial charge in [-0.15, -0.1) is 0 Å². The molecule has 0 saturated heterocycles. The minimum Gasteiger partial charge on any atom is -0.496 e. The summed E-state index contributed by atoms with van der Waals surface area (Å²) in [6, 6.07) is 15.5. The molecule has 1 heterocycles. The number of halogens is 1. The molecule has 100 valence electrons. The van der Waals surface area contributed by atoms with Crippen molar-refractivity contribution < 1.29 is 4.74 Å². The van der Waals surface area contributed by atoms with Crippen molar-refractivity contribution in [3.05, 3.63) is 65.9 Å². The second kappa shape index (κ2) is 5.39. The third-order valence-electron chi connectivity index (χ3n) is 3.12. The van der Waals surface area contributed by atoms with Crippen molar-refractivity contribution in [3.8, 4) is 22.6 Å². The standard InChI is InChI=1S/C16H13ClN2O/c1-20-16-8-7-12(19-10-4-9-18-19)11-14(16)13-5-2-3-6-15(13)17/h2-11H,1H3. The Labute approximate surface area is 122 Å². The monoisotopic (exact) mass is 284 g/mol. The first-order valence-corrected chi connectivity index (χ1v) is 6.60. The number of methoxy groups -OCH3 is 1. The molecule has 0 fully saturated rings. The number of rotatable bonds is 3. The predicted molar refractivity (Wildman–Crippen MR) is 80.6 cm³/mol. The molecule has 4 heteroatoms. The zero-order valence-electron chi connectivity index (χ0n) is 11.0. The van der Waals surface area contributed by atoms with Crippen LogP contribution < -0.4 is 4.74 Å². The van der Waals surface area contributed by atoms with Crippen molar-refractivity contribution >= 4 is 11.6 Å². The number of nitrogens with zero attached hydrogens (tertiary/aromatic N) is 2. The van der Waals surface area contributed by atoms with E-state index in [4.69, 9.17) is 16.3 Å². The van der Waals surface area contributed by atoms with Crippen LogP contribution in [0.3, 0.4) is 0 Å². The molecular weight excluding hydrogens is 272 g/mol. The summed E-state index contributed by atoms with van der Waals surface area (Å²) in [6.07, 6.45) is 3.65. The Balaban J connectivity index is 2.18. The fourth-order valence-electron chi connectivity index (χ4n) is 2.15. The van der Waals surface area contributed by atoms with E-state index < -0.39 is 0 Å². The van der Waals surface area contributed by atoms with Crippen LogP contribution in [0.25, 0.3) is 16.8 Å². The molecule has 0 bridgehead atoms.